The minimum absolute atomic E-state index is 0.0933. The van der Waals surface area contributed by atoms with Crippen LogP contribution < -0.4 is 15.5 Å². The number of nitrogens with one attached hydrogen (secondary N) is 2. The number of likely N-dealkylation sites (N-methyl/N-ethyl adjacent to an activating group) is 1. The predicted molar refractivity (Wildman–Crippen MR) is 152 cm³/mol. The Balaban J connectivity index is 1.47. The highest BCUT2D eigenvalue weighted by molar-refractivity contribution is 6.07. The normalized spacial score (nSPS) is 15.4. The van der Waals surface area contributed by atoms with Crippen molar-refractivity contribution in [2.75, 3.05) is 37.9 Å². The van der Waals surface area contributed by atoms with E-state index in [-0.39, 0.29) is 24.1 Å². The summed E-state index contributed by atoms with van der Waals surface area (Å²) in [6, 6.07) is 23.8. The zero-order chi connectivity index (χ0) is 27.2. The summed E-state index contributed by atoms with van der Waals surface area (Å²) in [4.78, 5) is 41.5. The van der Waals surface area contributed by atoms with Crippen LogP contribution in [0.2, 0.25) is 0 Å². The number of benzene rings is 3. The fraction of sp³-hybridized carbons (Fsp3) is 0.194. The predicted octanol–water partition coefficient (Wildman–Crippen LogP) is 5.30. The first-order valence-corrected chi connectivity index (χ1v) is 12.4. The first-order valence-electron chi connectivity index (χ1n) is 12.4. The number of amides is 2. The third-order valence-electron chi connectivity index (χ3n) is 6.56. The van der Waals surface area contributed by atoms with E-state index in [9.17, 15) is 14.4 Å². The maximum absolute atomic E-state index is 12.7. The first-order chi connectivity index (χ1) is 18.2. The summed E-state index contributed by atoms with van der Waals surface area (Å²) >= 11 is 0. The van der Waals surface area contributed by atoms with Crippen LogP contribution in [-0.2, 0) is 4.79 Å². The summed E-state index contributed by atoms with van der Waals surface area (Å²) in [6.07, 6.45) is 3.37. The third-order valence-corrected chi connectivity index (χ3v) is 6.56. The molecule has 0 radical (unpaired) electrons. The van der Waals surface area contributed by atoms with Gasteiger partial charge in [-0.1, -0.05) is 48.5 Å². The molecule has 2 amide bonds. The van der Waals surface area contributed by atoms with E-state index in [4.69, 9.17) is 0 Å². The van der Waals surface area contributed by atoms with Gasteiger partial charge in [0, 0.05) is 43.7 Å². The Hall–Kier alpha value is -4.65. The Bertz CT molecular complexity index is 1370. The molecule has 1 aliphatic heterocycles. The lowest BCUT2D eigenvalue weighted by atomic mass is 9.92. The van der Waals surface area contributed by atoms with Crippen molar-refractivity contribution < 1.29 is 14.4 Å². The van der Waals surface area contributed by atoms with Crippen LogP contribution in [0.5, 0.6) is 0 Å². The smallest absolute Gasteiger partial charge is 0.322 e. The van der Waals surface area contributed by atoms with E-state index in [2.05, 4.69) is 10.6 Å². The molecule has 3 aromatic rings. The standard InChI is InChI=1S/C31H32N4O3/c1-21(36)29-27(35(4)31(38)33-30(29)24-8-6-5-7-9-24)20-32-25-15-13-23(14-16-25)28(37)19-12-22-10-17-26(18-11-22)34(2)3/h5-19,30,32H,20H2,1-4H3,(H,33,38)/b19-12+. The van der Waals surface area contributed by atoms with Gasteiger partial charge in [-0.05, 0) is 60.5 Å². The number of Topliss-reactive ketones (excluding diaryl/α,β-unsaturated/α-hetero) is 1. The highest BCUT2D eigenvalue weighted by atomic mass is 16.2. The summed E-state index contributed by atoms with van der Waals surface area (Å²) in [5, 5.41) is 6.22. The molecule has 0 bridgehead atoms. The highest BCUT2D eigenvalue weighted by Gasteiger charge is 2.34. The van der Waals surface area contributed by atoms with Crippen LogP contribution in [0, 0.1) is 0 Å². The molecule has 0 aromatic heterocycles. The van der Waals surface area contributed by atoms with Gasteiger partial charge in [0.05, 0.1) is 18.3 Å². The molecule has 0 saturated carbocycles. The zero-order valence-electron chi connectivity index (χ0n) is 22.1. The number of urea groups is 1. The average Bonchev–Trinajstić information content (AvgIpc) is 2.93. The fourth-order valence-corrected chi connectivity index (χ4v) is 4.37. The van der Waals surface area contributed by atoms with E-state index < -0.39 is 6.04 Å². The number of carbonyl (C=O) groups is 3. The molecule has 38 heavy (non-hydrogen) atoms. The molecule has 0 spiro atoms. The summed E-state index contributed by atoms with van der Waals surface area (Å²) < 4.78 is 0. The lowest BCUT2D eigenvalue weighted by Gasteiger charge is -2.35. The molecular formula is C31H32N4O3. The van der Waals surface area contributed by atoms with Gasteiger partial charge >= 0.3 is 6.03 Å². The number of hydrogen-bond donors (Lipinski definition) is 2. The molecule has 3 aromatic carbocycles. The van der Waals surface area contributed by atoms with Crippen molar-refractivity contribution >= 4 is 35.0 Å². The van der Waals surface area contributed by atoms with Gasteiger partial charge in [-0.25, -0.2) is 4.79 Å². The van der Waals surface area contributed by atoms with Gasteiger partial charge in [-0.15, -0.1) is 0 Å². The third kappa shape index (κ3) is 6.00. The lowest BCUT2D eigenvalue weighted by Crippen LogP contribution is -2.47. The number of hydrogen-bond acceptors (Lipinski definition) is 5. The highest BCUT2D eigenvalue weighted by Crippen LogP contribution is 2.30. The van der Waals surface area contributed by atoms with Crippen LogP contribution in [-0.4, -0.2) is 50.2 Å². The van der Waals surface area contributed by atoms with Gasteiger partial charge in [0.1, 0.15) is 0 Å². The van der Waals surface area contributed by atoms with Crippen molar-refractivity contribution in [2.24, 2.45) is 0 Å². The van der Waals surface area contributed by atoms with Crippen LogP contribution in [0.15, 0.2) is 96.2 Å². The van der Waals surface area contributed by atoms with E-state index in [1.807, 2.05) is 85.7 Å². The van der Waals surface area contributed by atoms with Crippen molar-refractivity contribution in [3.63, 3.8) is 0 Å². The van der Waals surface area contributed by atoms with Gasteiger partial charge < -0.3 is 15.5 Å². The Morgan fingerprint density at radius 3 is 2.24 bits per heavy atom. The summed E-state index contributed by atoms with van der Waals surface area (Å²) in [5.74, 6) is -0.198. The molecule has 1 unspecified atom stereocenters. The van der Waals surface area contributed by atoms with Gasteiger partial charge in [0.25, 0.3) is 0 Å². The van der Waals surface area contributed by atoms with E-state index in [1.165, 1.54) is 11.8 Å². The molecule has 1 heterocycles. The minimum Gasteiger partial charge on any atom is -0.379 e. The molecule has 1 atom stereocenters. The zero-order valence-corrected chi connectivity index (χ0v) is 22.1. The molecular weight excluding hydrogens is 476 g/mol. The summed E-state index contributed by atoms with van der Waals surface area (Å²) in [7, 11) is 5.62. The number of anilines is 2. The maximum Gasteiger partial charge on any atom is 0.322 e. The molecule has 0 aliphatic carbocycles. The molecule has 2 N–H and O–H groups in total. The van der Waals surface area contributed by atoms with Crippen LogP contribution >= 0.6 is 0 Å². The molecule has 7 heteroatoms. The van der Waals surface area contributed by atoms with E-state index in [0.29, 0.717) is 16.8 Å². The van der Waals surface area contributed by atoms with Crippen LogP contribution in [0.1, 0.15) is 34.5 Å². The molecule has 0 saturated heterocycles. The fourth-order valence-electron chi connectivity index (χ4n) is 4.37. The van der Waals surface area contributed by atoms with E-state index >= 15 is 0 Å². The van der Waals surface area contributed by atoms with Crippen molar-refractivity contribution in [1.82, 2.24) is 10.2 Å². The second-order valence-electron chi connectivity index (χ2n) is 9.38. The van der Waals surface area contributed by atoms with Crippen LogP contribution in [0.3, 0.4) is 0 Å². The van der Waals surface area contributed by atoms with Crippen LogP contribution in [0.4, 0.5) is 16.2 Å². The summed E-state index contributed by atoms with van der Waals surface area (Å²) in [6.45, 7) is 1.79. The maximum atomic E-state index is 12.7. The second-order valence-corrected chi connectivity index (χ2v) is 9.38. The SMILES string of the molecule is CC(=O)C1=C(CNc2ccc(C(=O)/C=C/c3ccc(N(C)C)cc3)cc2)N(C)C(=O)NC1c1ccccc1. The summed E-state index contributed by atoms with van der Waals surface area (Å²) in [5.41, 5.74) is 5.39. The Morgan fingerprint density at radius 1 is 0.974 bits per heavy atom. The minimum atomic E-state index is -0.514. The van der Waals surface area contributed by atoms with Crippen molar-refractivity contribution in [2.45, 2.75) is 13.0 Å². The van der Waals surface area contributed by atoms with Crippen molar-refractivity contribution in [1.29, 1.82) is 0 Å². The molecule has 0 fully saturated rings. The first kappa shape index (κ1) is 26.4. The average molecular weight is 509 g/mol. The number of allylic oxidation sites excluding steroid dienone is 1. The van der Waals surface area contributed by atoms with Gasteiger partial charge in [-0.2, -0.15) is 0 Å². The van der Waals surface area contributed by atoms with E-state index in [1.54, 1.807) is 31.3 Å². The number of ketones is 2. The number of carbonyl (C=O) groups excluding carboxylic acids is 3. The largest absolute Gasteiger partial charge is 0.379 e. The van der Waals surface area contributed by atoms with Crippen LogP contribution in [0.25, 0.3) is 6.08 Å². The van der Waals surface area contributed by atoms with Crippen molar-refractivity contribution in [3.05, 3.63) is 113 Å². The molecule has 1 aliphatic rings. The van der Waals surface area contributed by atoms with Gasteiger partial charge in [-0.3, -0.25) is 14.5 Å². The Kier molecular flexibility index (Phi) is 8.06. The lowest BCUT2D eigenvalue weighted by molar-refractivity contribution is -0.114. The quantitative estimate of drug-likeness (QED) is 0.303. The Labute approximate surface area is 223 Å². The number of nitrogens with zero attached hydrogens (tertiary/aromatic N) is 2. The van der Waals surface area contributed by atoms with Gasteiger partial charge in [0.15, 0.2) is 11.6 Å². The monoisotopic (exact) mass is 508 g/mol. The Morgan fingerprint density at radius 2 is 1.63 bits per heavy atom. The van der Waals surface area contributed by atoms with Gasteiger partial charge in [0.2, 0.25) is 0 Å². The molecule has 194 valence electrons. The second kappa shape index (κ2) is 11.6. The topological polar surface area (TPSA) is 81.8 Å². The molecule has 4 rings (SSSR count). The van der Waals surface area contributed by atoms with Crippen molar-refractivity contribution in [3.8, 4) is 0 Å². The molecule has 7 nitrogen and oxygen atoms in total. The van der Waals surface area contributed by atoms with E-state index in [0.717, 1.165) is 22.5 Å². The number of rotatable bonds is 9.